The summed E-state index contributed by atoms with van der Waals surface area (Å²) >= 11 is 1.53. The van der Waals surface area contributed by atoms with E-state index in [4.69, 9.17) is 5.11 Å². The Morgan fingerprint density at radius 3 is 2.86 bits per heavy atom. The molecule has 0 saturated carbocycles. The van der Waals surface area contributed by atoms with Gasteiger partial charge in [0.2, 0.25) is 5.88 Å². The van der Waals surface area contributed by atoms with Crippen LogP contribution < -0.4 is 5.56 Å². The summed E-state index contributed by atoms with van der Waals surface area (Å²) in [5, 5.41) is 13.0. The van der Waals surface area contributed by atoms with E-state index in [1.165, 1.54) is 11.3 Å². The summed E-state index contributed by atoms with van der Waals surface area (Å²) in [6.07, 6.45) is 0. The number of aromatic amines is 1. The van der Waals surface area contributed by atoms with Crippen LogP contribution in [0.25, 0.3) is 11.4 Å². The van der Waals surface area contributed by atoms with Crippen molar-refractivity contribution < 1.29 is 5.11 Å². The highest BCUT2D eigenvalue weighted by atomic mass is 32.1. The van der Waals surface area contributed by atoms with Gasteiger partial charge in [0.15, 0.2) is 0 Å². The van der Waals surface area contributed by atoms with Gasteiger partial charge in [0.25, 0.3) is 5.56 Å². The van der Waals surface area contributed by atoms with Crippen LogP contribution in [0.3, 0.4) is 0 Å². The zero-order chi connectivity index (χ0) is 10.1. The molecular weight excluding hydrogens is 200 g/mol. The predicted octanol–water partition coefficient (Wildman–Crippen LogP) is 1.51. The molecule has 0 spiro atoms. The van der Waals surface area contributed by atoms with Gasteiger partial charge in [0.05, 0.1) is 6.07 Å². The van der Waals surface area contributed by atoms with Crippen molar-refractivity contribution >= 4 is 11.3 Å². The SMILES string of the molecule is Cc1cscc1-c1nc(O)cc(=O)[nH]1. The quantitative estimate of drug-likeness (QED) is 0.746. The predicted molar refractivity (Wildman–Crippen MR) is 54.6 cm³/mol. The number of aromatic nitrogens is 2. The molecule has 0 aromatic carbocycles. The highest BCUT2D eigenvalue weighted by Gasteiger charge is 2.06. The average molecular weight is 208 g/mol. The molecule has 0 unspecified atom stereocenters. The van der Waals surface area contributed by atoms with E-state index in [1.807, 2.05) is 17.7 Å². The minimum Gasteiger partial charge on any atom is -0.493 e. The van der Waals surface area contributed by atoms with Crippen molar-refractivity contribution in [2.45, 2.75) is 6.92 Å². The summed E-state index contributed by atoms with van der Waals surface area (Å²) in [4.78, 5) is 17.5. The van der Waals surface area contributed by atoms with E-state index in [2.05, 4.69) is 9.97 Å². The van der Waals surface area contributed by atoms with Crippen LogP contribution in [0.1, 0.15) is 5.56 Å². The molecule has 0 bridgehead atoms. The highest BCUT2D eigenvalue weighted by Crippen LogP contribution is 2.23. The van der Waals surface area contributed by atoms with Gasteiger partial charge in [0.1, 0.15) is 5.82 Å². The molecule has 0 saturated heterocycles. The van der Waals surface area contributed by atoms with Gasteiger partial charge < -0.3 is 10.1 Å². The molecule has 2 aromatic heterocycles. The smallest absolute Gasteiger partial charge is 0.254 e. The Hall–Kier alpha value is -1.62. The number of H-pyrrole nitrogens is 1. The minimum absolute atomic E-state index is 0.255. The zero-order valence-electron chi connectivity index (χ0n) is 7.44. The van der Waals surface area contributed by atoms with Gasteiger partial charge in [-0.25, -0.2) is 0 Å². The zero-order valence-corrected chi connectivity index (χ0v) is 8.26. The largest absolute Gasteiger partial charge is 0.493 e. The van der Waals surface area contributed by atoms with Crippen molar-refractivity contribution in [1.29, 1.82) is 0 Å². The van der Waals surface area contributed by atoms with Gasteiger partial charge in [-0.05, 0) is 17.9 Å². The van der Waals surface area contributed by atoms with Crippen molar-refractivity contribution in [3.05, 3.63) is 32.7 Å². The Bertz CT molecular complexity index is 516. The first-order valence-electron chi connectivity index (χ1n) is 4.00. The second-order valence-electron chi connectivity index (χ2n) is 2.92. The lowest BCUT2D eigenvalue weighted by Crippen LogP contribution is -2.06. The Morgan fingerprint density at radius 2 is 2.29 bits per heavy atom. The van der Waals surface area contributed by atoms with Gasteiger partial charge in [-0.2, -0.15) is 16.3 Å². The van der Waals surface area contributed by atoms with Crippen LogP contribution in [0.5, 0.6) is 5.88 Å². The Morgan fingerprint density at radius 1 is 1.50 bits per heavy atom. The molecule has 0 aliphatic carbocycles. The summed E-state index contributed by atoms with van der Waals surface area (Å²) in [5.74, 6) is 0.156. The summed E-state index contributed by atoms with van der Waals surface area (Å²) in [7, 11) is 0. The van der Waals surface area contributed by atoms with E-state index in [0.717, 1.165) is 17.2 Å². The topological polar surface area (TPSA) is 66.0 Å². The maximum atomic E-state index is 11.1. The molecule has 0 radical (unpaired) electrons. The first-order chi connectivity index (χ1) is 6.66. The normalized spacial score (nSPS) is 10.4. The molecule has 4 nitrogen and oxygen atoms in total. The molecule has 14 heavy (non-hydrogen) atoms. The van der Waals surface area contributed by atoms with Crippen molar-refractivity contribution in [3.63, 3.8) is 0 Å². The van der Waals surface area contributed by atoms with Gasteiger partial charge in [-0.15, -0.1) is 0 Å². The lowest BCUT2D eigenvalue weighted by Gasteiger charge is -1.99. The van der Waals surface area contributed by atoms with E-state index < -0.39 is 0 Å². The molecule has 2 aromatic rings. The Kier molecular flexibility index (Phi) is 2.09. The molecular formula is C9H8N2O2S. The Balaban J connectivity index is 2.63. The molecule has 0 fully saturated rings. The fourth-order valence-corrected chi connectivity index (χ4v) is 2.01. The molecule has 0 aliphatic heterocycles. The first-order valence-corrected chi connectivity index (χ1v) is 4.94. The van der Waals surface area contributed by atoms with E-state index in [1.54, 1.807) is 0 Å². The second-order valence-corrected chi connectivity index (χ2v) is 3.66. The van der Waals surface area contributed by atoms with Crippen molar-refractivity contribution in [2.24, 2.45) is 0 Å². The highest BCUT2D eigenvalue weighted by molar-refractivity contribution is 7.08. The molecule has 2 heterocycles. The monoisotopic (exact) mass is 208 g/mol. The molecule has 72 valence electrons. The third-order valence-electron chi connectivity index (χ3n) is 1.84. The molecule has 0 amide bonds. The minimum atomic E-state index is -0.349. The Labute approximate surface area is 83.9 Å². The third kappa shape index (κ3) is 1.54. The van der Waals surface area contributed by atoms with Gasteiger partial charge in [0, 0.05) is 10.9 Å². The van der Waals surface area contributed by atoms with Crippen LogP contribution in [0.2, 0.25) is 0 Å². The number of thiophene rings is 1. The van der Waals surface area contributed by atoms with E-state index in [9.17, 15) is 4.79 Å². The average Bonchev–Trinajstić information content (AvgIpc) is 2.49. The van der Waals surface area contributed by atoms with Crippen LogP contribution in [-0.4, -0.2) is 15.1 Å². The molecule has 0 aliphatic rings. The van der Waals surface area contributed by atoms with Crippen molar-refractivity contribution in [3.8, 4) is 17.3 Å². The molecule has 5 heteroatoms. The van der Waals surface area contributed by atoms with E-state index in [0.29, 0.717) is 5.82 Å². The lowest BCUT2D eigenvalue weighted by molar-refractivity contribution is 0.452. The van der Waals surface area contributed by atoms with Crippen molar-refractivity contribution in [2.75, 3.05) is 0 Å². The maximum Gasteiger partial charge on any atom is 0.254 e. The fraction of sp³-hybridized carbons (Fsp3) is 0.111. The second kappa shape index (κ2) is 3.26. The summed E-state index contributed by atoms with van der Waals surface area (Å²) in [6.45, 7) is 1.93. The number of nitrogens with zero attached hydrogens (tertiary/aromatic N) is 1. The van der Waals surface area contributed by atoms with Crippen LogP contribution in [-0.2, 0) is 0 Å². The first kappa shape index (κ1) is 8.96. The summed E-state index contributed by atoms with van der Waals surface area (Å²) in [5.41, 5.74) is 1.53. The maximum absolute atomic E-state index is 11.1. The number of aryl methyl sites for hydroxylation is 1. The summed E-state index contributed by atoms with van der Waals surface area (Å²) < 4.78 is 0. The van der Waals surface area contributed by atoms with E-state index >= 15 is 0 Å². The van der Waals surface area contributed by atoms with Crippen LogP contribution in [0.4, 0.5) is 0 Å². The van der Waals surface area contributed by atoms with Crippen molar-refractivity contribution in [1.82, 2.24) is 9.97 Å². The molecule has 0 atom stereocenters. The van der Waals surface area contributed by atoms with Gasteiger partial charge in [-0.3, -0.25) is 4.79 Å². The number of hydrogen-bond acceptors (Lipinski definition) is 4. The third-order valence-corrected chi connectivity index (χ3v) is 2.70. The summed E-state index contributed by atoms with van der Waals surface area (Å²) in [6, 6.07) is 1.05. The van der Waals surface area contributed by atoms with Crippen LogP contribution in [0.15, 0.2) is 21.6 Å². The number of rotatable bonds is 1. The van der Waals surface area contributed by atoms with Crippen LogP contribution >= 0.6 is 11.3 Å². The lowest BCUT2D eigenvalue weighted by atomic mass is 10.2. The van der Waals surface area contributed by atoms with E-state index in [-0.39, 0.29) is 11.4 Å². The number of hydrogen-bond donors (Lipinski definition) is 2. The molecule has 2 rings (SSSR count). The van der Waals surface area contributed by atoms with Crippen LogP contribution in [0, 0.1) is 6.92 Å². The number of aromatic hydroxyl groups is 1. The standard InChI is InChI=1S/C9H8N2O2S/c1-5-3-14-4-6(5)9-10-7(12)2-8(13)11-9/h2-4H,1H3,(H2,10,11,12,13). The fourth-order valence-electron chi connectivity index (χ4n) is 1.18. The van der Waals surface area contributed by atoms with Gasteiger partial charge >= 0.3 is 0 Å². The number of nitrogens with one attached hydrogen (secondary N) is 1. The van der Waals surface area contributed by atoms with Gasteiger partial charge in [-0.1, -0.05) is 0 Å². The molecule has 2 N–H and O–H groups in total.